The molecular formula is C29H39F2N7O4S. The monoisotopic (exact) mass is 619 g/mol. The lowest BCUT2D eigenvalue weighted by molar-refractivity contribution is -0.123. The molecule has 6 N–H and O–H groups in total. The van der Waals surface area contributed by atoms with Gasteiger partial charge in [-0.3, -0.25) is 23.7 Å². The summed E-state index contributed by atoms with van der Waals surface area (Å²) >= 11 is 0.898. The summed E-state index contributed by atoms with van der Waals surface area (Å²) in [6.07, 6.45) is 0.960. The summed E-state index contributed by atoms with van der Waals surface area (Å²) in [6.45, 7) is 9.60. The Morgan fingerprint density at radius 3 is 2.49 bits per heavy atom. The first-order valence-electron chi connectivity index (χ1n) is 14.0. The zero-order valence-corrected chi connectivity index (χ0v) is 25.6. The molecule has 1 saturated heterocycles. The fourth-order valence-electron chi connectivity index (χ4n) is 4.21. The largest absolute Gasteiger partial charge is 0.392 e. The van der Waals surface area contributed by atoms with Crippen molar-refractivity contribution in [3.8, 4) is 0 Å². The van der Waals surface area contributed by atoms with E-state index in [4.69, 9.17) is 5.73 Å². The molecule has 0 bridgehead atoms. The van der Waals surface area contributed by atoms with Crippen molar-refractivity contribution in [3.05, 3.63) is 49.5 Å². The first kappa shape index (κ1) is 33.5. The van der Waals surface area contributed by atoms with Gasteiger partial charge in [0.25, 0.3) is 23.8 Å². The van der Waals surface area contributed by atoms with Crippen molar-refractivity contribution in [1.29, 1.82) is 0 Å². The highest BCUT2D eigenvalue weighted by molar-refractivity contribution is 7.07. The normalized spacial score (nSPS) is 14.2. The van der Waals surface area contributed by atoms with Crippen LogP contribution in [0.2, 0.25) is 0 Å². The Hall–Kier alpha value is -4.00. The number of amides is 3. The van der Waals surface area contributed by atoms with Crippen molar-refractivity contribution in [3.63, 3.8) is 0 Å². The van der Waals surface area contributed by atoms with Crippen LogP contribution >= 0.6 is 11.3 Å². The molecule has 14 heteroatoms. The van der Waals surface area contributed by atoms with Crippen LogP contribution in [-0.4, -0.2) is 66.3 Å². The number of thiazole rings is 1. The number of aromatic nitrogens is 1. The van der Waals surface area contributed by atoms with Crippen molar-refractivity contribution in [2.24, 2.45) is 11.1 Å². The number of carbonyl (C=O) groups is 3. The van der Waals surface area contributed by atoms with Crippen LogP contribution in [0.3, 0.4) is 0 Å². The number of nitrogens with one attached hydrogen (secondary N) is 4. The molecule has 1 aliphatic heterocycles. The molecule has 3 amide bonds. The molecule has 0 aliphatic carbocycles. The molecule has 1 aromatic carbocycles. The fraction of sp³-hybridized carbons (Fsp3) is 0.483. The van der Waals surface area contributed by atoms with E-state index in [1.165, 1.54) is 10.8 Å². The molecule has 3 rings (SSSR count). The molecule has 0 radical (unpaired) electrons. The third-order valence-electron chi connectivity index (χ3n) is 6.64. The van der Waals surface area contributed by atoms with E-state index in [1.54, 1.807) is 45.9 Å². The van der Waals surface area contributed by atoms with E-state index in [-0.39, 0.29) is 33.3 Å². The molecular weight excluding hydrogens is 580 g/mol. The zero-order chi connectivity index (χ0) is 31.7. The smallest absolute Gasteiger partial charge is 0.277 e. The van der Waals surface area contributed by atoms with Gasteiger partial charge in [-0.1, -0.05) is 26.5 Å². The maximum absolute atomic E-state index is 13.0. The zero-order valence-electron chi connectivity index (χ0n) is 24.8. The van der Waals surface area contributed by atoms with E-state index in [9.17, 15) is 28.0 Å². The van der Waals surface area contributed by atoms with Gasteiger partial charge < -0.3 is 31.9 Å². The molecule has 234 valence electrons. The quantitative estimate of drug-likeness (QED) is 0.254. The Bertz CT molecular complexity index is 1550. The number of nitrogens with two attached hydrogens (primary N) is 1. The predicted molar refractivity (Wildman–Crippen MR) is 164 cm³/mol. The number of likely N-dealkylation sites (tertiary alicyclic amines) is 1. The van der Waals surface area contributed by atoms with Crippen LogP contribution in [0.25, 0.3) is 11.4 Å². The Morgan fingerprint density at radius 1 is 1.16 bits per heavy atom. The van der Waals surface area contributed by atoms with Crippen LogP contribution < -0.4 is 41.8 Å². The van der Waals surface area contributed by atoms with E-state index in [0.29, 0.717) is 23.5 Å². The summed E-state index contributed by atoms with van der Waals surface area (Å²) < 4.78 is 26.5. The number of halogens is 2. The van der Waals surface area contributed by atoms with Gasteiger partial charge in [0, 0.05) is 36.9 Å². The molecule has 43 heavy (non-hydrogen) atoms. The topological polar surface area (TPSA) is 151 Å². The predicted octanol–water partition coefficient (Wildman–Crippen LogP) is 1.19. The van der Waals surface area contributed by atoms with E-state index < -0.39 is 29.9 Å². The Balaban J connectivity index is 1.88. The van der Waals surface area contributed by atoms with Crippen molar-refractivity contribution >= 4 is 51.9 Å². The van der Waals surface area contributed by atoms with Crippen molar-refractivity contribution in [2.45, 2.75) is 53.5 Å². The van der Waals surface area contributed by atoms with Gasteiger partial charge in [-0.15, -0.1) is 11.3 Å². The first-order chi connectivity index (χ1) is 20.3. The Morgan fingerprint density at radius 2 is 1.86 bits per heavy atom. The van der Waals surface area contributed by atoms with Crippen molar-refractivity contribution in [1.82, 2.24) is 20.1 Å². The number of carbonyl (C=O) groups excluding carboxylic acids is 3. The van der Waals surface area contributed by atoms with Crippen LogP contribution in [0.1, 0.15) is 50.9 Å². The molecule has 0 spiro atoms. The second-order valence-corrected chi connectivity index (χ2v) is 12.0. The van der Waals surface area contributed by atoms with Crippen LogP contribution in [0.5, 0.6) is 0 Å². The van der Waals surface area contributed by atoms with Gasteiger partial charge in [0.05, 0.1) is 17.8 Å². The van der Waals surface area contributed by atoms with E-state index in [0.717, 1.165) is 43.8 Å². The molecule has 1 aromatic heterocycles. The summed E-state index contributed by atoms with van der Waals surface area (Å²) in [5.74, 6) is -1.48. The molecule has 0 unspecified atom stereocenters. The number of anilines is 2. The highest BCUT2D eigenvalue weighted by atomic mass is 32.1. The Labute approximate surface area is 252 Å². The number of nitrogens with zero attached hydrogens (tertiary/aromatic N) is 2. The lowest BCUT2D eigenvalue weighted by Gasteiger charge is -2.20. The molecule has 11 nitrogen and oxygen atoms in total. The summed E-state index contributed by atoms with van der Waals surface area (Å²) in [6, 6.07) is 4.87. The number of alkyl halides is 2. The van der Waals surface area contributed by atoms with E-state index >= 15 is 0 Å². The minimum atomic E-state index is -2.74. The molecule has 0 atom stereocenters. The van der Waals surface area contributed by atoms with Crippen LogP contribution in [-0.2, 0) is 16.1 Å². The maximum atomic E-state index is 13.0. The fourth-order valence-corrected chi connectivity index (χ4v) is 5.24. The van der Waals surface area contributed by atoms with Gasteiger partial charge in [-0.2, -0.15) is 0 Å². The maximum Gasteiger partial charge on any atom is 0.277 e. The van der Waals surface area contributed by atoms with Gasteiger partial charge in [-0.05, 0) is 51.1 Å². The first-order valence-corrected chi connectivity index (χ1v) is 14.9. The molecule has 0 saturated carbocycles. The molecule has 1 fully saturated rings. The SMILES string of the molecule is CCn1c(=O)c(=C=CNc2ccc(C(=O)NCCN3CCCC3)c(NC(=O)C(C)(C)C)c2)s/c1=C(/N)C(=O)NCC(F)F. The van der Waals surface area contributed by atoms with E-state index in [1.807, 2.05) is 5.32 Å². The number of rotatable bonds is 11. The highest BCUT2D eigenvalue weighted by Gasteiger charge is 2.23. The summed E-state index contributed by atoms with van der Waals surface area (Å²) in [7, 11) is 0. The lowest BCUT2D eigenvalue weighted by Crippen LogP contribution is -2.38. The van der Waals surface area contributed by atoms with Crippen LogP contribution in [0, 0.1) is 5.41 Å². The van der Waals surface area contributed by atoms with Gasteiger partial charge in [0.2, 0.25) is 5.91 Å². The average molecular weight is 620 g/mol. The van der Waals surface area contributed by atoms with Gasteiger partial charge in [0.15, 0.2) is 0 Å². The second kappa shape index (κ2) is 14.9. The minimum absolute atomic E-state index is 0.127. The van der Waals surface area contributed by atoms with Crippen LogP contribution in [0.15, 0.2) is 29.2 Å². The average Bonchev–Trinajstić information content (AvgIpc) is 3.58. The van der Waals surface area contributed by atoms with Gasteiger partial charge in [-0.25, -0.2) is 8.78 Å². The minimum Gasteiger partial charge on any atom is -0.392 e. The number of benzene rings is 1. The standard InChI is InChI=1S/C29H39F2N7O4S/c1-5-38-26(41)21(43-27(38)23(32)25(40)35-17-22(30)31)10-11-33-18-8-9-19(20(16-18)36-28(42)29(2,3)4)24(39)34-12-15-37-13-6-7-14-37/h8-9,11,16,22,33H,5-7,12-15,17,32H2,1-4H3,(H,34,39)(H,35,40)(H,36,42)/b27-23+. The lowest BCUT2D eigenvalue weighted by atomic mass is 9.95. The number of hydrogen-bond donors (Lipinski definition) is 5. The third-order valence-corrected chi connectivity index (χ3v) is 7.77. The Kier molecular flexibility index (Phi) is 11.6. The molecule has 2 heterocycles. The number of hydrogen-bond acceptors (Lipinski definition) is 8. The van der Waals surface area contributed by atoms with Gasteiger partial charge >= 0.3 is 0 Å². The highest BCUT2D eigenvalue weighted by Crippen LogP contribution is 2.24. The van der Waals surface area contributed by atoms with Gasteiger partial charge in [0.1, 0.15) is 14.9 Å². The molecule has 1 aliphatic rings. The van der Waals surface area contributed by atoms with E-state index in [2.05, 4.69) is 26.6 Å². The molecule has 2 aromatic rings. The second-order valence-electron chi connectivity index (χ2n) is 11.0. The van der Waals surface area contributed by atoms with Crippen LogP contribution in [0.4, 0.5) is 20.2 Å². The summed E-state index contributed by atoms with van der Waals surface area (Å²) in [4.78, 5) is 53.1. The summed E-state index contributed by atoms with van der Waals surface area (Å²) in [5.41, 5.74) is 8.34. The van der Waals surface area contributed by atoms with Crippen molar-refractivity contribution in [2.75, 3.05) is 43.4 Å². The van der Waals surface area contributed by atoms with Crippen molar-refractivity contribution < 1.29 is 23.2 Å². The summed E-state index contributed by atoms with van der Waals surface area (Å²) in [5, 5.41) is 10.8. The third kappa shape index (κ3) is 9.24.